The minimum Gasteiger partial charge on any atom is -0.294 e. The molecule has 0 fully saturated rings. The highest BCUT2D eigenvalue weighted by atomic mass is 16.1. The van der Waals surface area contributed by atoms with Gasteiger partial charge >= 0.3 is 0 Å². The molecule has 0 aliphatic rings. The van der Waals surface area contributed by atoms with Crippen LogP contribution in [0, 0.1) is 6.92 Å². The summed E-state index contributed by atoms with van der Waals surface area (Å²) in [6, 6.07) is 3.85. The molecule has 6 nitrogen and oxygen atoms in total. The molecule has 0 saturated carbocycles. The van der Waals surface area contributed by atoms with E-state index in [0.717, 1.165) is 22.5 Å². The van der Waals surface area contributed by atoms with Gasteiger partial charge in [0.25, 0.3) is 0 Å². The van der Waals surface area contributed by atoms with Crippen LogP contribution in [-0.4, -0.2) is 30.4 Å². The van der Waals surface area contributed by atoms with Gasteiger partial charge in [-0.1, -0.05) is 5.21 Å². The van der Waals surface area contributed by atoms with Crippen molar-refractivity contribution in [3.63, 3.8) is 0 Å². The van der Waals surface area contributed by atoms with Gasteiger partial charge in [-0.2, -0.15) is 5.10 Å². The Kier molecular flexibility index (Phi) is 2.45. The first-order valence-electron chi connectivity index (χ1n) is 5.93. The smallest absolute Gasteiger partial charge is 0.163 e. The van der Waals surface area contributed by atoms with E-state index in [9.17, 15) is 4.79 Å². The first kappa shape index (κ1) is 11.6. The van der Waals surface area contributed by atoms with Crippen LogP contribution in [0.25, 0.3) is 16.8 Å². The van der Waals surface area contributed by atoms with E-state index in [1.54, 1.807) is 22.3 Å². The second kappa shape index (κ2) is 4.01. The van der Waals surface area contributed by atoms with Crippen LogP contribution in [0.4, 0.5) is 0 Å². The zero-order valence-corrected chi connectivity index (χ0v) is 11.0. The predicted octanol–water partition coefficient (Wildman–Crippen LogP) is 1.64. The number of hydrogen-bond acceptors (Lipinski definition) is 4. The normalized spacial score (nSPS) is 11.1. The Morgan fingerprint density at radius 3 is 2.74 bits per heavy atom. The summed E-state index contributed by atoms with van der Waals surface area (Å²) >= 11 is 0. The number of pyridine rings is 1. The minimum atomic E-state index is 0.0149. The number of aromatic nitrogens is 5. The van der Waals surface area contributed by atoms with E-state index in [-0.39, 0.29) is 5.78 Å². The fourth-order valence-electron chi connectivity index (χ4n) is 2.25. The molecule has 3 rings (SSSR count). The van der Waals surface area contributed by atoms with Gasteiger partial charge in [0.05, 0.1) is 28.7 Å². The summed E-state index contributed by atoms with van der Waals surface area (Å²) in [6.07, 6.45) is 3.48. The molecule has 6 heteroatoms. The molecular formula is C13H13N5O. The zero-order valence-electron chi connectivity index (χ0n) is 11.0. The molecule has 0 bridgehead atoms. The average Bonchev–Trinajstić information content (AvgIpc) is 2.92. The third-order valence-electron chi connectivity index (χ3n) is 3.16. The summed E-state index contributed by atoms with van der Waals surface area (Å²) in [5.74, 6) is 0.0149. The summed E-state index contributed by atoms with van der Waals surface area (Å²) in [6.45, 7) is 3.46. The number of nitrogens with zero attached hydrogens (tertiary/aromatic N) is 5. The van der Waals surface area contributed by atoms with Crippen molar-refractivity contribution >= 4 is 11.3 Å². The summed E-state index contributed by atoms with van der Waals surface area (Å²) < 4.78 is 3.43. The van der Waals surface area contributed by atoms with E-state index < -0.39 is 0 Å². The van der Waals surface area contributed by atoms with Gasteiger partial charge in [0.15, 0.2) is 5.78 Å². The first-order valence-corrected chi connectivity index (χ1v) is 5.93. The molecule has 3 heterocycles. The van der Waals surface area contributed by atoms with Crippen LogP contribution >= 0.6 is 0 Å². The van der Waals surface area contributed by atoms with E-state index in [0.29, 0.717) is 5.56 Å². The number of rotatable bonds is 2. The van der Waals surface area contributed by atoms with E-state index in [1.807, 2.05) is 32.3 Å². The molecule has 0 amide bonds. The maximum Gasteiger partial charge on any atom is 0.163 e. The second-order valence-corrected chi connectivity index (χ2v) is 4.51. The van der Waals surface area contributed by atoms with Gasteiger partial charge in [-0.25, -0.2) is 9.20 Å². The number of carbonyl (C=O) groups excluding carboxylic acids is 1. The quantitative estimate of drug-likeness (QED) is 0.653. The lowest BCUT2D eigenvalue weighted by Gasteiger charge is -2.03. The van der Waals surface area contributed by atoms with Crippen LogP contribution in [0.2, 0.25) is 0 Å². The van der Waals surface area contributed by atoms with Crippen molar-refractivity contribution in [3.05, 3.63) is 35.8 Å². The van der Waals surface area contributed by atoms with Crippen LogP contribution in [0.3, 0.4) is 0 Å². The summed E-state index contributed by atoms with van der Waals surface area (Å²) in [5.41, 5.74) is 4.22. The molecule has 0 aliphatic carbocycles. The molecule has 3 aromatic rings. The first-order chi connectivity index (χ1) is 9.08. The van der Waals surface area contributed by atoms with Crippen LogP contribution in [-0.2, 0) is 7.05 Å². The summed E-state index contributed by atoms with van der Waals surface area (Å²) in [5, 5.41) is 12.2. The Morgan fingerprint density at radius 1 is 1.32 bits per heavy atom. The highest BCUT2D eigenvalue weighted by Crippen LogP contribution is 2.22. The Balaban J connectivity index is 2.21. The Labute approximate surface area is 109 Å². The van der Waals surface area contributed by atoms with Gasteiger partial charge in [0.2, 0.25) is 0 Å². The molecule has 3 aromatic heterocycles. The Hall–Kier alpha value is -2.50. The highest BCUT2D eigenvalue weighted by Gasteiger charge is 2.12. The van der Waals surface area contributed by atoms with Crippen molar-refractivity contribution in [2.75, 3.05) is 0 Å². The standard InChI is InChI=1S/C13H13N5O/c1-8-13(17(3)16-15-8)10-4-5-12-11(9(2)19)6-14-18(12)7-10/h4-7H,1-3H3. The Morgan fingerprint density at radius 2 is 2.11 bits per heavy atom. The molecule has 0 unspecified atom stereocenters. The van der Waals surface area contributed by atoms with E-state index in [4.69, 9.17) is 0 Å². The zero-order chi connectivity index (χ0) is 13.6. The lowest BCUT2D eigenvalue weighted by molar-refractivity contribution is 0.101. The number of carbonyl (C=O) groups is 1. The molecule has 19 heavy (non-hydrogen) atoms. The maximum atomic E-state index is 11.5. The highest BCUT2D eigenvalue weighted by molar-refractivity contribution is 6.00. The number of ketones is 1. The van der Waals surface area contributed by atoms with Crippen LogP contribution in [0.5, 0.6) is 0 Å². The fourth-order valence-corrected chi connectivity index (χ4v) is 2.25. The molecule has 96 valence electrons. The maximum absolute atomic E-state index is 11.5. The largest absolute Gasteiger partial charge is 0.294 e. The average molecular weight is 255 g/mol. The van der Waals surface area contributed by atoms with E-state index in [2.05, 4.69) is 15.4 Å². The molecule has 0 aromatic carbocycles. The van der Waals surface area contributed by atoms with Gasteiger partial charge in [0.1, 0.15) is 0 Å². The summed E-state index contributed by atoms with van der Waals surface area (Å²) in [4.78, 5) is 11.5. The molecule has 0 spiro atoms. The van der Waals surface area contributed by atoms with Crippen molar-refractivity contribution < 1.29 is 4.79 Å². The summed E-state index contributed by atoms with van der Waals surface area (Å²) in [7, 11) is 1.85. The lowest BCUT2D eigenvalue weighted by Crippen LogP contribution is -1.97. The lowest BCUT2D eigenvalue weighted by atomic mass is 10.1. The molecular weight excluding hydrogens is 242 g/mol. The fraction of sp³-hybridized carbons (Fsp3) is 0.231. The van der Waals surface area contributed by atoms with Gasteiger partial charge in [-0.3, -0.25) is 4.79 Å². The topological polar surface area (TPSA) is 65.1 Å². The SMILES string of the molecule is CC(=O)c1cnn2cc(-c3c(C)nnn3C)ccc12. The van der Waals surface area contributed by atoms with Gasteiger partial charge in [-0.15, -0.1) is 5.10 Å². The van der Waals surface area contributed by atoms with E-state index >= 15 is 0 Å². The third kappa shape index (κ3) is 1.72. The van der Waals surface area contributed by atoms with Crippen molar-refractivity contribution in [2.24, 2.45) is 7.05 Å². The van der Waals surface area contributed by atoms with Crippen molar-refractivity contribution in [1.82, 2.24) is 24.6 Å². The van der Waals surface area contributed by atoms with Crippen molar-refractivity contribution in [2.45, 2.75) is 13.8 Å². The molecule has 0 N–H and O–H groups in total. The van der Waals surface area contributed by atoms with Gasteiger partial charge in [-0.05, 0) is 26.0 Å². The molecule has 0 aliphatic heterocycles. The Bertz CT molecular complexity index is 764. The van der Waals surface area contributed by atoms with Gasteiger partial charge < -0.3 is 0 Å². The number of aryl methyl sites for hydroxylation is 2. The number of Topliss-reactive ketones (excluding diaryl/α,β-unsaturated/α-hetero) is 1. The van der Waals surface area contributed by atoms with Crippen molar-refractivity contribution in [3.8, 4) is 11.3 Å². The van der Waals surface area contributed by atoms with Crippen LogP contribution in [0.1, 0.15) is 23.0 Å². The molecule has 0 radical (unpaired) electrons. The molecule has 0 saturated heterocycles. The van der Waals surface area contributed by atoms with Gasteiger partial charge in [0, 0.05) is 18.8 Å². The predicted molar refractivity (Wildman–Crippen MR) is 69.9 cm³/mol. The van der Waals surface area contributed by atoms with Crippen LogP contribution in [0.15, 0.2) is 24.5 Å². The minimum absolute atomic E-state index is 0.0149. The monoisotopic (exact) mass is 255 g/mol. The van der Waals surface area contributed by atoms with E-state index in [1.165, 1.54) is 0 Å². The number of hydrogen-bond donors (Lipinski definition) is 0. The third-order valence-corrected chi connectivity index (χ3v) is 3.16. The molecule has 0 atom stereocenters. The number of fused-ring (bicyclic) bond motifs is 1. The van der Waals surface area contributed by atoms with Crippen LogP contribution < -0.4 is 0 Å². The van der Waals surface area contributed by atoms with Crippen molar-refractivity contribution in [1.29, 1.82) is 0 Å². The second-order valence-electron chi connectivity index (χ2n) is 4.51.